The third kappa shape index (κ3) is 4.81. The van der Waals surface area contributed by atoms with E-state index in [2.05, 4.69) is 10.6 Å². The molecule has 1 aliphatic heterocycles. The molecule has 0 spiro atoms. The topological polar surface area (TPSA) is 110 Å². The number of aromatic nitrogens is 3. The number of nitrogen functional groups attached to an aromatic ring is 1. The summed E-state index contributed by atoms with van der Waals surface area (Å²) in [6.45, 7) is 1.69. The Balaban J connectivity index is 1.41. The summed E-state index contributed by atoms with van der Waals surface area (Å²) in [5.74, 6) is -1.14. The molecule has 0 radical (unpaired) electrons. The number of nitrogens with one attached hydrogen (secondary N) is 1. The number of nitrogens with two attached hydrogens (primary N) is 1. The number of carbonyl (C=O) groups is 1. The maximum atomic E-state index is 15.0. The largest absolute Gasteiger partial charge is 0.497 e. The van der Waals surface area contributed by atoms with Crippen LogP contribution in [0.5, 0.6) is 5.75 Å². The van der Waals surface area contributed by atoms with Crippen LogP contribution in [-0.4, -0.2) is 36.4 Å². The third-order valence-corrected chi connectivity index (χ3v) is 7.92. The zero-order valence-corrected chi connectivity index (χ0v) is 22.3. The van der Waals surface area contributed by atoms with Gasteiger partial charge in [-0.15, -0.1) is 11.3 Å². The number of ether oxygens (including phenoxy) is 1. The number of hydrogen-bond acceptors (Lipinski definition) is 8. The van der Waals surface area contributed by atoms with E-state index in [9.17, 15) is 9.18 Å². The van der Waals surface area contributed by atoms with E-state index in [1.165, 1.54) is 18.6 Å². The number of nitrogens with zero attached hydrogens (tertiary/aromatic N) is 4. The number of anilines is 2. The van der Waals surface area contributed by atoms with Crippen molar-refractivity contribution in [2.24, 2.45) is 0 Å². The predicted molar refractivity (Wildman–Crippen MR) is 148 cm³/mol. The second-order valence-electron chi connectivity index (χ2n) is 9.39. The molecule has 3 N–H and O–H groups in total. The van der Waals surface area contributed by atoms with E-state index < -0.39 is 17.5 Å². The van der Waals surface area contributed by atoms with E-state index in [1.807, 2.05) is 17.1 Å². The van der Waals surface area contributed by atoms with Crippen LogP contribution in [0.4, 0.5) is 20.4 Å². The number of rotatable bonds is 6. The first-order valence-electron chi connectivity index (χ1n) is 12.7. The maximum Gasteiger partial charge on any atom is 0.306 e. The van der Waals surface area contributed by atoms with Gasteiger partial charge in [0.05, 0.1) is 36.4 Å². The number of benzene rings is 2. The molecule has 4 heterocycles. The van der Waals surface area contributed by atoms with Crippen molar-refractivity contribution in [3.8, 4) is 28.1 Å². The average molecular weight is 564 g/mol. The molecule has 5 aromatic rings. The smallest absolute Gasteiger partial charge is 0.306 e. The lowest BCUT2D eigenvalue weighted by Crippen LogP contribution is -2.60. The summed E-state index contributed by atoms with van der Waals surface area (Å²) in [5, 5.41) is 9.15. The molecule has 3 aromatic heterocycles. The van der Waals surface area contributed by atoms with Gasteiger partial charge in [0.15, 0.2) is 0 Å². The van der Waals surface area contributed by atoms with E-state index in [1.54, 1.807) is 36.3 Å². The van der Waals surface area contributed by atoms with Gasteiger partial charge in [0.1, 0.15) is 27.1 Å². The van der Waals surface area contributed by atoms with Crippen LogP contribution in [0, 0.1) is 11.6 Å². The van der Waals surface area contributed by atoms with Gasteiger partial charge < -0.3 is 10.5 Å². The van der Waals surface area contributed by atoms with Crippen LogP contribution >= 0.6 is 11.3 Å². The van der Waals surface area contributed by atoms with Gasteiger partial charge in [0.25, 0.3) is 12.1 Å². The molecule has 1 fully saturated rings. The van der Waals surface area contributed by atoms with Crippen LogP contribution in [0.3, 0.4) is 0 Å². The molecule has 40 heavy (non-hydrogen) atoms. The van der Waals surface area contributed by atoms with Crippen LogP contribution in [0.2, 0.25) is 0 Å². The van der Waals surface area contributed by atoms with E-state index in [0.29, 0.717) is 27.2 Å². The summed E-state index contributed by atoms with van der Waals surface area (Å²) < 4.78 is 39.3. The van der Waals surface area contributed by atoms with Crippen LogP contribution in [0.15, 0.2) is 59.3 Å². The lowest BCUT2D eigenvalue weighted by atomic mass is 9.99. The molecule has 0 atom stereocenters. The summed E-state index contributed by atoms with van der Waals surface area (Å²) in [6, 6.07) is 12.2. The molecular weight excluding hydrogens is 538 g/mol. The van der Waals surface area contributed by atoms with Crippen LogP contribution < -0.4 is 25.6 Å². The highest BCUT2D eigenvalue weighted by Crippen LogP contribution is 2.42. The predicted octanol–water partition coefficient (Wildman–Crippen LogP) is 5.15. The first kappa shape index (κ1) is 25.7. The number of hydrogen-bond donors (Lipinski definition) is 2. The van der Waals surface area contributed by atoms with Gasteiger partial charge in [-0.3, -0.25) is 14.6 Å². The fourth-order valence-corrected chi connectivity index (χ4v) is 5.81. The highest BCUT2D eigenvalue weighted by molar-refractivity contribution is 7.21. The molecule has 1 saturated heterocycles. The molecular formula is C28H25F2N6O3S+. The van der Waals surface area contributed by atoms with Gasteiger partial charge in [-0.05, 0) is 67.3 Å². The first-order valence-corrected chi connectivity index (χ1v) is 13.5. The minimum Gasteiger partial charge on any atom is -0.497 e. The van der Waals surface area contributed by atoms with Crippen molar-refractivity contribution in [1.29, 1.82) is 0 Å². The summed E-state index contributed by atoms with van der Waals surface area (Å²) in [4.78, 5) is 20.3. The fourth-order valence-electron chi connectivity index (χ4n) is 4.80. The number of carbonyl (C=O) groups excluding carboxylic acids is 1. The normalized spacial score (nSPS) is 13.5. The van der Waals surface area contributed by atoms with Crippen molar-refractivity contribution in [1.82, 2.24) is 10.3 Å². The van der Waals surface area contributed by atoms with Gasteiger partial charge >= 0.3 is 5.88 Å². The van der Waals surface area contributed by atoms with Crippen molar-refractivity contribution in [3.63, 3.8) is 0 Å². The molecule has 1 amide bonds. The van der Waals surface area contributed by atoms with Gasteiger partial charge in [0, 0.05) is 22.6 Å². The van der Waals surface area contributed by atoms with Crippen LogP contribution in [-0.2, 0) is 0 Å². The van der Waals surface area contributed by atoms with Gasteiger partial charge in [0.2, 0.25) is 5.27 Å². The summed E-state index contributed by atoms with van der Waals surface area (Å²) in [5.41, 5.74) is 8.43. The SMILES string of the molecule is COc1ccc(-c2cc(-c3ccc(F)cc3F)c3c(N)c(C(=O)Nc4c[n+](N5CCCCC5)no4)sc3n2)cc1. The molecule has 0 saturated carbocycles. The summed E-state index contributed by atoms with van der Waals surface area (Å²) >= 11 is 1.07. The quantitative estimate of drug-likeness (QED) is 0.275. The van der Waals surface area contributed by atoms with Gasteiger partial charge in [-0.25, -0.2) is 13.8 Å². The lowest BCUT2D eigenvalue weighted by molar-refractivity contribution is -0.759. The number of methoxy groups -OCH3 is 1. The molecule has 0 aliphatic carbocycles. The highest BCUT2D eigenvalue weighted by Gasteiger charge is 2.27. The Morgan fingerprint density at radius 2 is 1.88 bits per heavy atom. The third-order valence-electron chi connectivity index (χ3n) is 6.83. The fraction of sp³-hybridized carbons (Fsp3) is 0.214. The summed E-state index contributed by atoms with van der Waals surface area (Å²) in [7, 11) is 1.57. The monoisotopic (exact) mass is 563 g/mol. The standard InChI is InChI=1S/C28H24F2N6O3S/c1-38-18-8-5-16(6-9-18)22-14-20(19-10-7-17(29)13-21(19)30)24-25(31)26(40-28(24)32-22)27(37)33-23-15-36(34-39-23)35-11-3-2-4-12-35/h5-10,13-15H,2-4,11-12H2,1H3,(H2-,31,33,34,37)/p+1. The number of thiophene rings is 1. The maximum absolute atomic E-state index is 15.0. The van der Waals surface area contributed by atoms with Gasteiger partial charge in [-0.2, -0.15) is 5.01 Å². The van der Waals surface area contributed by atoms with Crippen molar-refractivity contribution in [2.45, 2.75) is 19.3 Å². The van der Waals surface area contributed by atoms with Crippen molar-refractivity contribution in [2.75, 3.05) is 36.3 Å². The Kier molecular flexibility index (Phi) is 6.76. The zero-order valence-electron chi connectivity index (χ0n) is 21.5. The van der Waals surface area contributed by atoms with Crippen LogP contribution in [0.1, 0.15) is 28.9 Å². The second-order valence-corrected chi connectivity index (χ2v) is 10.4. The molecule has 1 aliphatic rings. The number of pyridine rings is 1. The molecule has 9 nitrogen and oxygen atoms in total. The molecule has 0 unspecified atom stereocenters. The second kappa shape index (κ2) is 10.5. The van der Waals surface area contributed by atoms with E-state index >= 15 is 4.39 Å². The van der Waals surface area contributed by atoms with Crippen molar-refractivity contribution < 1.29 is 27.6 Å². The molecule has 6 rings (SSSR count). The van der Waals surface area contributed by atoms with E-state index in [0.717, 1.165) is 48.9 Å². The molecule has 204 valence electrons. The van der Waals surface area contributed by atoms with Crippen LogP contribution in [0.25, 0.3) is 32.6 Å². The average Bonchev–Trinajstić information content (AvgIpc) is 3.57. The Morgan fingerprint density at radius 1 is 1.10 bits per heavy atom. The minimum absolute atomic E-state index is 0.133. The lowest BCUT2D eigenvalue weighted by Gasteiger charge is -2.17. The zero-order chi connectivity index (χ0) is 27.8. The molecule has 2 aromatic carbocycles. The van der Waals surface area contributed by atoms with Crippen molar-refractivity contribution in [3.05, 3.63) is 71.2 Å². The van der Waals surface area contributed by atoms with E-state index in [4.69, 9.17) is 20.0 Å². The Morgan fingerprint density at radius 3 is 2.60 bits per heavy atom. The Labute approximate surface area is 231 Å². The summed E-state index contributed by atoms with van der Waals surface area (Å²) in [6.07, 6.45) is 4.89. The van der Waals surface area contributed by atoms with Crippen molar-refractivity contribution >= 4 is 39.0 Å². The highest BCUT2D eigenvalue weighted by atomic mass is 32.1. The number of halogens is 2. The minimum atomic E-state index is -0.756. The number of piperidine rings is 1. The number of amides is 1. The molecule has 0 bridgehead atoms. The number of fused-ring (bicyclic) bond motifs is 1. The first-order chi connectivity index (χ1) is 19.4. The Hall–Kier alpha value is -4.58. The van der Waals surface area contributed by atoms with Gasteiger partial charge in [-0.1, -0.05) is 0 Å². The Bertz CT molecular complexity index is 1710. The molecule has 12 heteroatoms. The van der Waals surface area contributed by atoms with E-state index in [-0.39, 0.29) is 22.0 Å².